The molecule has 0 bridgehead atoms. The van der Waals surface area contributed by atoms with E-state index in [0.29, 0.717) is 6.61 Å². The number of rotatable bonds is 1. The standard InChI is InChI=1S/C11H12BrNO2/c1-11(2)7-15-10(14)13(11)9-5-3-8(12)4-6-9/h3-6H,7H2,1-2H3. The Bertz CT molecular complexity index is 386. The summed E-state index contributed by atoms with van der Waals surface area (Å²) in [7, 11) is 0. The van der Waals surface area contributed by atoms with Gasteiger partial charge in [0.15, 0.2) is 0 Å². The molecule has 1 aromatic carbocycles. The number of hydrogen-bond donors (Lipinski definition) is 0. The second-order valence-electron chi connectivity index (χ2n) is 4.18. The molecule has 4 heteroatoms. The monoisotopic (exact) mass is 269 g/mol. The Morgan fingerprint density at radius 3 is 2.40 bits per heavy atom. The lowest BCUT2D eigenvalue weighted by Gasteiger charge is -2.27. The van der Waals surface area contributed by atoms with Crippen LogP contribution in [0.1, 0.15) is 13.8 Å². The zero-order valence-corrected chi connectivity index (χ0v) is 10.2. The molecule has 3 nitrogen and oxygen atoms in total. The summed E-state index contributed by atoms with van der Waals surface area (Å²) in [5.41, 5.74) is 0.593. The molecule has 0 spiro atoms. The van der Waals surface area contributed by atoms with E-state index in [-0.39, 0.29) is 11.6 Å². The summed E-state index contributed by atoms with van der Waals surface area (Å²) in [6.45, 7) is 4.40. The van der Waals surface area contributed by atoms with Gasteiger partial charge in [-0.05, 0) is 38.1 Å². The van der Waals surface area contributed by atoms with Crippen LogP contribution in [0.2, 0.25) is 0 Å². The van der Waals surface area contributed by atoms with Crippen molar-refractivity contribution in [2.75, 3.05) is 11.5 Å². The fourth-order valence-corrected chi connectivity index (χ4v) is 1.92. The van der Waals surface area contributed by atoms with Crippen LogP contribution in [0.5, 0.6) is 0 Å². The van der Waals surface area contributed by atoms with Crippen LogP contribution >= 0.6 is 15.9 Å². The third-order valence-electron chi connectivity index (χ3n) is 2.42. The summed E-state index contributed by atoms with van der Waals surface area (Å²) >= 11 is 3.36. The van der Waals surface area contributed by atoms with Gasteiger partial charge in [0, 0.05) is 10.2 Å². The lowest BCUT2D eigenvalue weighted by atomic mass is 10.1. The summed E-state index contributed by atoms with van der Waals surface area (Å²) in [6.07, 6.45) is -0.276. The average molecular weight is 270 g/mol. The molecule has 1 saturated heterocycles. The minimum Gasteiger partial charge on any atom is -0.447 e. The van der Waals surface area contributed by atoms with Crippen molar-refractivity contribution in [3.05, 3.63) is 28.7 Å². The van der Waals surface area contributed by atoms with Gasteiger partial charge >= 0.3 is 6.09 Å². The van der Waals surface area contributed by atoms with Crippen molar-refractivity contribution in [1.29, 1.82) is 0 Å². The summed E-state index contributed by atoms with van der Waals surface area (Å²) in [5.74, 6) is 0. The van der Waals surface area contributed by atoms with Crippen LogP contribution in [0.25, 0.3) is 0 Å². The molecule has 1 aromatic rings. The number of carbonyl (C=O) groups excluding carboxylic acids is 1. The fourth-order valence-electron chi connectivity index (χ4n) is 1.66. The Kier molecular flexibility index (Phi) is 2.46. The highest BCUT2D eigenvalue weighted by molar-refractivity contribution is 9.10. The number of benzene rings is 1. The molecular weight excluding hydrogens is 258 g/mol. The van der Waals surface area contributed by atoms with Crippen molar-refractivity contribution < 1.29 is 9.53 Å². The van der Waals surface area contributed by atoms with Gasteiger partial charge in [-0.2, -0.15) is 0 Å². The molecule has 1 fully saturated rings. The highest BCUT2D eigenvalue weighted by Crippen LogP contribution is 2.30. The van der Waals surface area contributed by atoms with Gasteiger partial charge in [-0.15, -0.1) is 0 Å². The lowest BCUT2D eigenvalue weighted by Crippen LogP contribution is -2.42. The molecule has 0 unspecified atom stereocenters. The molecule has 1 aliphatic rings. The second kappa shape index (κ2) is 3.52. The van der Waals surface area contributed by atoms with Crippen molar-refractivity contribution in [2.24, 2.45) is 0 Å². The van der Waals surface area contributed by atoms with Gasteiger partial charge in [0.05, 0.1) is 5.54 Å². The molecule has 1 heterocycles. The Morgan fingerprint density at radius 2 is 1.93 bits per heavy atom. The lowest BCUT2D eigenvalue weighted by molar-refractivity contribution is 0.175. The van der Waals surface area contributed by atoms with E-state index >= 15 is 0 Å². The first kappa shape index (κ1) is 10.5. The molecule has 80 valence electrons. The normalized spacial score (nSPS) is 19.1. The molecule has 1 amide bonds. The van der Waals surface area contributed by atoms with Crippen LogP contribution < -0.4 is 4.90 Å². The Hall–Kier alpha value is -1.03. The highest BCUT2D eigenvalue weighted by atomic mass is 79.9. The van der Waals surface area contributed by atoms with E-state index in [0.717, 1.165) is 10.2 Å². The molecule has 0 atom stereocenters. The van der Waals surface area contributed by atoms with Gasteiger partial charge < -0.3 is 4.74 Å². The number of carbonyl (C=O) groups is 1. The second-order valence-corrected chi connectivity index (χ2v) is 5.09. The maximum Gasteiger partial charge on any atom is 0.414 e. The van der Waals surface area contributed by atoms with Gasteiger partial charge in [-0.25, -0.2) is 4.79 Å². The maximum atomic E-state index is 11.6. The third kappa shape index (κ3) is 1.86. The Labute approximate surface area is 97.2 Å². The minimum atomic E-state index is -0.276. The van der Waals surface area contributed by atoms with Crippen molar-refractivity contribution >= 4 is 27.7 Å². The van der Waals surface area contributed by atoms with Crippen LogP contribution in [0, 0.1) is 0 Å². The first-order chi connectivity index (χ1) is 7.00. The first-order valence-electron chi connectivity index (χ1n) is 4.73. The number of ether oxygens (including phenoxy) is 1. The quantitative estimate of drug-likeness (QED) is 0.784. The predicted molar refractivity (Wildman–Crippen MR) is 62.0 cm³/mol. The third-order valence-corrected chi connectivity index (χ3v) is 2.95. The molecule has 0 saturated carbocycles. The molecule has 1 aliphatic heterocycles. The van der Waals surface area contributed by atoms with E-state index in [1.807, 2.05) is 38.1 Å². The van der Waals surface area contributed by atoms with Crippen molar-refractivity contribution in [1.82, 2.24) is 0 Å². The number of nitrogens with zero attached hydrogens (tertiary/aromatic N) is 1. The summed E-state index contributed by atoms with van der Waals surface area (Å²) in [5, 5.41) is 0. The summed E-state index contributed by atoms with van der Waals surface area (Å²) in [4.78, 5) is 13.2. The van der Waals surface area contributed by atoms with Gasteiger partial charge in [0.1, 0.15) is 6.61 Å². The highest BCUT2D eigenvalue weighted by Gasteiger charge is 2.40. The number of anilines is 1. The van der Waals surface area contributed by atoms with Gasteiger partial charge in [-0.3, -0.25) is 4.90 Å². The topological polar surface area (TPSA) is 29.5 Å². The maximum absolute atomic E-state index is 11.6. The smallest absolute Gasteiger partial charge is 0.414 e. The van der Waals surface area contributed by atoms with E-state index in [1.54, 1.807) is 4.90 Å². The minimum absolute atomic E-state index is 0.273. The van der Waals surface area contributed by atoms with Crippen molar-refractivity contribution in [3.63, 3.8) is 0 Å². The summed E-state index contributed by atoms with van der Waals surface area (Å²) < 4.78 is 6.04. The summed E-state index contributed by atoms with van der Waals surface area (Å²) in [6, 6.07) is 7.63. The van der Waals surface area contributed by atoms with E-state index in [9.17, 15) is 4.79 Å². The van der Waals surface area contributed by atoms with E-state index < -0.39 is 0 Å². The first-order valence-corrected chi connectivity index (χ1v) is 5.52. The number of amides is 1. The molecular formula is C11H12BrNO2. The number of halogens is 1. The number of hydrogen-bond acceptors (Lipinski definition) is 2. The zero-order valence-electron chi connectivity index (χ0n) is 8.66. The van der Waals surface area contributed by atoms with E-state index in [4.69, 9.17) is 4.74 Å². The van der Waals surface area contributed by atoms with Crippen molar-refractivity contribution in [3.8, 4) is 0 Å². The van der Waals surface area contributed by atoms with Crippen LogP contribution in [0.15, 0.2) is 28.7 Å². The van der Waals surface area contributed by atoms with Crippen LogP contribution in [-0.2, 0) is 4.74 Å². The van der Waals surface area contributed by atoms with Gasteiger partial charge in [-0.1, -0.05) is 15.9 Å². The largest absolute Gasteiger partial charge is 0.447 e. The molecule has 0 N–H and O–H groups in total. The van der Waals surface area contributed by atoms with Crippen molar-refractivity contribution in [2.45, 2.75) is 19.4 Å². The van der Waals surface area contributed by atoms with Crippen LogP contribution in [0.3, 0.4) is 0 Å². The predicted octanol–water partition coefficient (Wildman–Crippen LogP) is 3.18. The van der Waals surface area contributed by atoms with Gasteiger partial charge in [0.2, 0.25) is 0 Å². The SMILES string of the molecule is CC1(C)COC(=O)N1c1ccc(Br)cc1. The average Bonchev–Trinajstić information content (AvgIpc) is 2.43. The Morgan fingerprint density at radius 1 is 1.33 bits per heavy atom. The molecule has 2 rings (SSSR count). The molecule has 0 aliphatic carbocycles. The van der Waals surface area contributed by atoms with E-state index in [1.165, 1.54) is 0 Å². The molecule has 15 heavy (non-hydrogen) atoms. The van der Waals surface area contributed by atoms with Gasteiger partial charge in [0.25, 0.3) is 0 Å². The Balaban J connectivity index is 2.37. The molecule has 0 radical (unpaired) electrons. The van der Waals surface area contributed by atoms with Crippen LogP contribution in [0.4, 0.5) is 10.5 Å². The zero-order chi connectivity index (χ0) is 11.1. The fraction of sp³-hybridized carbons (Fsp3) is 0.364. The van der Waals surface area contributed by atoms with Crippen LogP contribution in [-0.4, -0.2) is 18.2 Å². The van der Waals surface area contributed by atoms with E-state index in [2.05, 4.69) is 15.9 Å². The molecule has 0 aromatic heterocycles. The number of cyclic esters (lactones) is 1.